The third-order valence-electron chi connectivity index (χ3n) is 7.71. The molecule has 0 N–H and O–H groups in total. The van der Waals surface area contributed by atoms with Gasteiger partial charge in [-0.2, -0.15) is 0 Å². The highest BCUT2D eigenvalue weighted by atomic mass is 32.2. The lowest BCUT2D eigenvalue weighted by Crippen LogP contribution is -2.53. The van der Waals surface area contributed by atoms with Crippen molar-refractivity contribution in [3.63, 3.8) is 0 Å². The van der Waals surface area contributed by atoms with Crippen LogP contribution in [0.15, 0.2) is 123 Å². The standard InChI is InChI=1S/C33H26BNS2/c1-6-25-31-22(5)36-28-17-24(23-11-8-7-9-12-23)18-29-33(28)35(31)32-26(13-10-14-27(32)37-29)34(25)30-20(3)15-19(2)16-21(30)4/h6-18H,1,5H2,2-4H3. The summed E-state index contributed by atoms with van der Waals surface area (Å²) in [6.45, 7) is 15.8. The molecule has 3 heterocycles. The SMILES string of the molecule is C=CC1=C2C(=C)Sc3cc(-c4ccccc4)cc4c3N2c2c(cccc2B1c1c(C)cc(C)cc1C)S4. The first-order valence-electron chi connectivity index (χ1n) is 12.6. The first-order valence-corrected chi connectivity index (χ1v) is 14.3. The van der Waals surface area contributed by atoms with Crippen LogP contribution in [0.3, 0.4) is 0 Å². The van der Waals surface area contributed by atoms with Crippen molar-refractivity contribution in [2.45, 2.75) is 35.5 Å². The number of rotatable bonds is 3. The summed E-state index contributed by atoms with van der Waals surface area (Å²) in [7, 11) is 0. The summed E-state index contributed by atoms with van der Waals surface area (Å²) >= 11 is 3.69. The number of para-hydroxylation sites is 1. The van der Waals surface area contributed by atoms with Gasteiger partial charge in [-0.15, -0.1) is 0 Å². The monoisotopic (exact) mass is 511 g/mol. The second-order valence-corrected chi connectivity index (χ2v) is 12.3. The second-order valence-electron chi connectivity index (χ2n) is 10.1. The molecule has 0 bridgehead atoms. The van der Waals surface area contributed by atoms with Gasteiger partial charge in [-0.3, -0.25) is 0 Å². The Morgan fingerprint density at radius 1 is 0.757 bits per heavy atom. The lowest BCUT2D eigenvalue weighted by molar-refractivity contribution is 1.06. The maximum absolute atomic E-state index is 4.62. The summed E-state index contributed by atoms with van der Waals surface area (Å²) in [6, 6.07) is 26.8. The number of benzene rings is 4. The van der Waals surface area contributed by atoms with Gasteiger partial charge in [0.2, 0.25) is 6.71 Å². The van der Waals surface area contributed by atoms with E-state index < -0.39 is 0 Å². The van der Waals surface area contributed by atoms with Crippen LogP contribution in [0.1, 0.15) is 16.7 Å². The lowest BCUT2D eigenvalue weighted by atomic mass is 9.33. The molecule has 178 valence electrons. The Labute approximate surface area is 228 Å². The lowest BCUT2D eigenvalue weighted by Gasteiger charge is -2.46. The van der Waals surface area contributed by atoms with Gasteiger partial charge in [0.15, 0.2) is 0 Å². The Bertz CT molecular complexity index is 1680. The molecule has 0 aromatic heterocycles. The summed E-state index contributed by atoms with van der Waals surface area (Å²) in [4.78, 5) is 7.43. The molecule has 0 aliphatic carbocycles. The van der Waals surface area contributed by atoms with Gasteiger partial charge in [0.25, 0.3) is 0 Å². The fraction of sp³-hybridized carbons (Fsp3) is 0.0909. The van der Waals surface area contributed by atoms with Gasteiger partial charge in [-0.05, 0) is 61.0 Å². The van der Waals surface area contributed by atoms with Crippen molar-refractivity contribution in [2.75, 3.05) is 4.90 Å². The predicted octanol–water partition coefficient (Wildman–Crippen LogP) is 8.10. The van der Waals surface area contributed by atoms with Crippen LogP contribution in [0.5, 0.6) is 0 Å². The second kappa shape index (κ2) is 8.34. The van der Waals surface area contributed by atoms with Crippen LogP contribution in [-0.4, -0.2) is 6.71 Å². The van der Waals surface area contributed by atoms with Crippen LogP contribution in [0.2, 0.25) is 0 Å². The van der Waals surface area contributed by atoms with E-state index in [1.54, 1.807) is 11.8 Å². The van der Waals surface area contributed by atoms with E-state index in [4.69, 9.17) is 0 Å². The quantitative estimate of drug-likeness (QED) is 0.256. The Balaban J connectivity index is 1.53. The van der Waals surface area contributed by atoms with Gasteiger partial charge < -0.3 is 4.90 Å². The van der Waals surface area contributed by atoms with E-state index in [0.717, 1.165) is 4.91 Å². The highest BCUT2D eigenvalue weighted by molar-refractivity contribution is 8.03. The highest BCUT2D eigenvalue weighted by Crippen LogP contribution is 2.60. The van der Waals surface area contributed by atoms with E-state index in [1.807, 2.05) is 11.8 Å². The molecule has 0 saturated heterocycles. The molecule has 1 nitrogen and oxygen atoms in total. The van der Waals surface area contributed by atoms with Crippen molar-refractivity contribution in [2.24, 2.45) is 0 Å². The predicted molar refractivity (Wildman–Crippen MR) is 162 cm³/mol. The number of nitrogens with zero attached hydrogens (tertiary/aromatic N) is 1. The van der Waals surface area contributed by atoms with Gasteiger partial charge in [0.05, 0.1) is 17.1 Å². The molecule has 0 radical (unpaired) electrons. The van der Waals surface area contributed by atoms with Crippen LogP contribution < -0.4 is 15.8 Å². The summed E-state index contributed by atoms with van der Waals surface area (Å²) in [5.74, 6) is 0. The van der Waals surface area contributed by atoms with Crippen LogP contribution in [-0.2, 0) is 0 Å². The van der Waals surface area contributed by atoms with Gasteiger partial charge in [0.1, 0.15) is 0 Å². The van der Waals surface area contributed by atoms with Gasteiger partial charge >= 0.3 is 0 Å². The molecule has 3 aliphatic heterocycles. The summed E-state index contributed by atoms with van der Waals surface area (Å²) in [6.07, 6.45) is 2.07. The highest BCUT2D eigenvalue weighted by Gasteiger charge is 2.44. The first-order chi connectivity index (χ1) is 18.0. The van der Waals surface area contributed by atoms with E-state index in [0.29, 0.717) is 0 Å². The van der Waals surface area contributed by atoms with E-state index in [9.17, 15) is 0 Å². The average Bonchev–Trinajstić information content (AvgIpc) is 2.88. The Morgan fingerprint density at radius 2 is 1.46 bits per heavy atom. The van der Waals surface area contributed by atoms with Crippen molar-refractivity contribution in [1.29, 1.82) is 0 Å². The Hall–Kier alpha value is -3.34. The van der Waals surface area contributed by atoms with E-state index in [-0.39, 0.29) is 6.71 Å². The topological polar surface area (TPSA) is 3.24 Å². The third-order valence-corrected chi connectivity index (χ3v) is 9.76. The van der Waals surface area contributed by atoms with Crippen molar-refractivity contribution in [3.8, 4) is 11.1 Å². The Morgan fingerprint density at radius 3 is 2.16 bits per heavy atom. The molecule has 4 heteroatoms. The minimum atomic E-state index is 0.129. The zero-order valence-electron chi connectivity index (χ0n) is 21.3. The molecule has 0 saturated carbocycles. The van der Waals surface area contributed by atoms with Gasteiger partial charge in [-0.1, -0.05) is 120 Å². The number of hydrogen-bond acceptors (Lipinski definition) is 3. The third kappa shape index (κ3) is 3.29. The number of aryl methyl sites for hydroxylation is 3. The van der Waals surface area contributed by atoms with Crippen LogP contribution in [0.25, 0.3) is 11.1 Å². The summed E-state index contributed by atoms with van der Waals surface area (Å²) < 4.78 is 0. The summed E-state index contributed by atoms with van der Waals surface area (Å²) in [5, 5.41) is 0. The van der Waals surface area contributed by atoms with Crippen molar-refractivity contribution < 1.29 is 0 Å². The molecule has 0 unspecified atom stereocenters. The van der Waals surface area contributed by atoms with Gasteiger partial charge in [-0.25, -0.2) is 0 Å². The summed E-state index contributed by atoms with van der Waals surface area (Å²) in [5.41, 5.74) is 14.2. The smallest absolute Gasteiger partial charge is 0.247 e. The van der Waals surface area contributed by atoms with Crippen LogP contribution in [0.4, 0.5) is 11.4 Å². The van der Waals surface area contributed by atoms with Crippen LogP contribution in [0, 0.1) is 20.8 Å². The minimum Gasteiger partial charge on any atom is -0.307 e. The molecule has 0 spiro atoms. The average molecular weight is 512 g/mol. The fourth-order valence-electron chi connectivity index (χ4n) is 6.38. The molecule has 0 atom stereocenters. The molecular weight excluding hydrogens is 485 g/mol. The van der Waals surface area contributed by atoms with E-state index in [2.05, 4.69) is 118 Å². The molecule has 7 rings (SSSR count). The molecule has 0 amide bonds. The fourth-order valence-corrected chi connectivity index (χ4v) is 8.67. The van der Waals surface area contributed by atoms with Crippen molar-refractivity contribution >= 4 is 52.5 Å². The maximum Gasteiger partial charge on any atom is 0.247 e. The van der Waals surface area contributed by atoms with Gasteiger partial charge in [0, 0.05) is 19.6 Å². The zero-order chi connectivity index (χ0) is 25.4. The molecular formula is C33H26BNS2. The van der Waals surface area contributed by atoms with Crippen LogP contribution >= 0.6 is 23.5 Å². The number of thioether (sulfide) groups is 1. The largest absolute Gasteiger partial charge is 0.307 e. The molecule has 4 aromatic carbocycles. The minimum absolute atomic E-state index is 0.129. The molecule has 4 aromatic rings. The molecule has 0 fully saturated rings. The van der Waals surface area contributed by atoms with E-state index >= 15 is 0 Å². The normalized spacial score (nSPS) is 15.2. The van der Waals surface area contributed by atoms with Crippen molar-refractivity contribution in [3.05, 3.63) is 125 Å². The molecule has 3 aliphatic rings. The number of anilines is 2. The number of hydrogen-bond donors (Lipinski definition) is 0. The van der Waals surface area contributed by atoms with Crippen molar-refractivity contribution in [1.82, 2.24) is 0 Å². The maximum atomic E-state index is 4.62. The van der Waals surface area contributed by atoms with E-state index in [1.165, 1.54) is 76.0 Å². The Kier molecular flexibility index (Phi) is 5.15. The molecule has 37 heavy (non-hydrogen) atoms. The first kappa shape index (κ1) is 22.8. The number of allylic oxidation sites excluding steroid dienone is 2. The zero-order valence-corrected chi connectivity index (χ0v) is 22.9.